The lowest BCUT2D eigenvalue weighted by atomic mass is 10.0. The normalized spacial score (nSPS) is 19.1. The highest BCUT2D eigenvalue weighted by Crippen LogP contribution is 2.21. The summed E-state index contributed by atoms with van der Waals surface area (Å²) in [5.41, 5.74) is 2.72. The Labute approximate surface area is 146 Å². The molecule has 0 spiro atoms. The minimum Gasteiger partial charge on any atom is -0.304 e. The topological polar surface area (TPSA) is 18.5 Å². The first-order valence-corrected chi connectivity index (χ1v) is 8.99. The van der Waals surface area contributed by atoms with Crippen LogP contribution in [0.5, 0.6) is 0 Å². The molecule has 0 amide bonds. The van der Waals surface area contributed by atoms with Crippen molar-refractivity contribution in [2.24, 2.45) is 0 Å². The average Bonchev–Trinajstić information content (AvgIpc) is 2.64. The molecule has 2 aromatic carbocycles. The molecule has 2 atom stereocenters. The first kappa shape index (κ1) is 17.2. The zero-order chi connectivity index (χ0) is 16.8. The number of nitrogens with one attached hydrogen (secondary N) is 1. The van der Waals surface area contributed by atoms with E-state index in [1.165, 1.54) is 11.1 Å². The van der Waals surface area contributed by atoms with Gasteiger partial charge in [0.05, 0.1) is 0 Å². The second-order valence-electron chi connectivity index (χ2n) is 6.87. The van der Waals surface area contributed by atoms with Crippen molar-refractivity contribution in [3.8, 4) is 0 Å². The van der Waals surface area contributed by atoms with Gasteiger partial charge in [0.25, 0.3) is 0 Å². The highest BCUT2D eigenvalue weighted by molar-refractivity contribution is 5.22. The molecule has 1 N–H and O–H groups in total. The highest BCUT2D eigenvalue weighted by Gasteiger charge is 2.21. The third-order valence-corrected chi connectivity index (χ3v) is 4.99. The monoisotopic (exact) mass is 323 g/mol. The number of likely N-dealkylation sites (N-methyl/N-ethyl adjacent to an activating group) is 1. The van der Waals surface area contributed by atoms with Crippen LogP contribution in [0.2, 0.25) is 0 Å². The summed E-state index contributed by atoms with van der Waals surface area (Å²) >= 11 is 0. The van der Waals surface area contributed by atoms with Crippen molar-refractivity contribution in [3.05, 3.63) is 71.8 Å². The van der Waals surface area contributed by atoms with Crippen LogP contribution < -0.4 is 5.32 Å². The fraction of sp³-hybridized carbons (Fsp3) is 0.429. The van der Waals surface area contributed by atoms with Crippen molar-refractivity contribution in [1.82, 2.24) is 15.1 Å². The van der Waals surface area contributed by atoms with Gasteiger partial charge in [0.1, 0.15) is 0 Å². The predicted molar refractivity (Wildman–Crippen MR) is 101 cm³/mol. The van der Waals surface area contributed by atoms with Crippen LogP contribution in [0.3, 0.4) is 0 Å². The Balaban J connectivity index is 1.70. The van der Waals surface area contributed by atoms with Crippen molar-refractivity contribution in [3.63, 3.8) is 0 Å². The predicted octanol–water partition coefficient (Wildman–Crippen LogP) is 3.33. The second kappa shape index (κ2) is 8.43. The first-order chi connectivity index (χ1) is 11.7. The van der Waals surface area contributed by atoms with Crippen molar-refractivity contribution in [2.45, 2.75) is 19.0 Å². The van der Waals surface area contributed by atoms with Crippen LogP contribution in [0.1, 0.15) is 30.1 Å². The number of hydrogen-bond donors (Lipinski definition) is 1. The van der Waals surface area contributed by atoms with Gasteiger partial charge >= 0.3 is 0 Å². The minimum absolute atomic E-state index is 0.337. The molecule has 0 bridgehead atoms. The summed E-state index contributed by atoms with van der Waals surface area (Å²) < 4.78 is 0. The molecule has 1 heterocycles. The van der Waals surface area contributed by atoms with Gasteiger partial charge in [-0.1, -0.05) is 60.7 Å². The van der Waals surface area contributed by atoms with Gasteiger partial charge in [0.2, 0.25) is 0 Å². The van der Waals surface area contributed by atoms with Crippen LogP contribution in [-0.2, 0) is 0 Å². The number of piperazine rings is 1. The quantitative estimate of drug-likeness (QED) is 0.880. The number of rotatable bonds is 6. The molecular formula is C21H29N3. The lowest BCUT2D eigenvalue weighted by Gasteiger charge is -2.36. The van der Waals surface area contributed by atoms with E-state index in [0.717, 1.165) is 32.7 Å². The van der Waals surface area contributed by atoms with E-state index in [4.69, 9.17) is 0 Å². The molecule has 128 valence electrons. The summed E-state index contributed by atoms with van der Waals surface area (Å²) in [5.74, 6) is 0. The molecule has 0 aliphatic carbocycles. The zero-order valence-electron chi connectivity index (χ0n) is 14.9. The van der Waals surface area contributed by atoms with Crippen molar-refractivity contribution in [1.29, 1.82) is 0 Å². The third-order valence-electron chi connectivity index (χ3n) is 4.99. The van der Waals surface area contributed by atoms with Gasteiger partial charge in [0.15, 0.2) is 0 Å². The van der Waals surface area contributed by atoms with Gasteiger partial charge in [-0.15, -0.1) is 0 Å². The van der Waals surface area contributed by atoms with Crippen LogP contribution >= 0.6 is 0 Å². The van der Waals surface area contributed by atoms with E-state index in [1.807, 2.05) is 0 Å². The molecule has 0 saturated carbocycles. The first-order valence-electron chi connectivity index (χ1n) is 8.99. The Morgan fingerprint density at radius 1 is 0.833 bits per heavy atom. The zero-order valence-corrected chi connectivity index (χ0v) is 14.9. The van der Waals surface area contributed by atoms with Gasteiger partial charge in [-0.2, -0.15) is 0 Å². The second-order valence-corrected chi connectivity index (χ2v) is 6.87. The van der Waals surface area contributed by atoms with Crippen molar-refractivity contribution >= 4 is 0 Å². The largest absolute Gasteiger partial charge is 0.304 e. The lowest BCUT2D eigenvalue weighted by Crippen LogP contribution is -2.47. The summed E-state index contributed by atoms with van der Waals surface area (Å²) in [6.07, 6.45) is 0. The fourth-order valence-electron chi connectivity index (χ4n) is 3.37. The Morgan fingerprint density at radius 3 is 1.96 bits per heavy atom. The Kier molecular flexibility index (Phi) is 6.02. The third kappa shape index (κ3) is 4.67. The maximum absolute atomic E-state index is 3.85. The van der Waals surface area contributed by atoms with E-state index >= 15 is 0 Å². The number of benzene rings is 2. The number of nitrogens with zero attached hydrogens (tertiary/aromatic N) is 2. The van der Waals surface area contributed by atoms with Gasteiger partial charge in [-0.3, -0.25) is 4.90 Å². The van der Waals surface area contributed by atoms with Crippen LogP contribution in [0.4, 0.5) is 0 Å². The van der Waals surface area contributed by atoms with Crippen LogP contribution in [0.25, 0.3) is 0 Å². The number of hydrogen-bond acceptors (Lipinski definition) is 3. The molecule has 0 radical (unpaired) electrons. The van der Waals surface area contributed by atoms with Crippen molar-refractivity contribution < 1.29 is 0 Å². The molecule has 0 aromatic heterocycles. The van der Waals surface area contributed by atoms with E-state index in [0.29, 0.717) is 12.1 Å². The molecule has 3 nitrogen and oxygen atoms in total. The SMILES string of the molecule is C[C@@H](N[C@@H](CN1CCN(C)CC1)c1ccccc1)c1ccccc1. The van der Waals surface area contributed by atoms with E-state index in [-0.39, 0.29) is 0 Å². The Morgan fingerprint density at radius 2 is 1.38 bits per heavy atom. The molecule has 1 fully saturated rings. The van der Waals surface area contributed by atoms with Crippen LogP contribution in [0.15, 0.2) is 60.7 Å². The maximum atomic E-state index is 3.85. The Bertz CT molecular complexity index is 591. The molecular weight excluding hydrogens is 294 g/mol. The molecule has 1 saturated heterocycles. The summed E-state index contributed by atoms with van der Waals surface area (Å²) in [6, 6.07) is 22.3. The molecule has 1 aliphatic rings. The summed E-state index contributed by atoms with van der Waals surface area (Å²) in [7, 11) is 2.21. The van der Waals surface area contributed by atoms with Crippen LogP contribution in [-0.4, -0.2) is 49.6 Å². The van der Waals surface area contributed by atoms with Crippen LogP contribution in [0, 0.1) is 0 Å². The van der Waals surface area contributed by atoms with Gasteiger partial charge in [-0.25, -0.2) is 0 Å². The van der Waals surface area contributed by atoms with E-state index in [9.17, 15) is 0 Å². The average molecular weight is 323 g/mol. The fourth-order valence-corrected chi connectivity index (χ4v) is 3.37. The molecule has 3 rings (SSSR count). The van der Waals surface area contributed by atoms with Gasteiger partial charge in [-0.05, 0) is 25.1 Å². The van der Waals surface area contributed by atoms with Crippen molar-refractivity contribution in [2.75, 3.05) is 39.8 Å². The van der Waals surface area contributed by atoms with E-state index in [1.54, 1.807) is 0 Å². The van der Waals surface area contributed by atoms with E-state index < -0.39 is 0 Å². The maximum Gasteiger partial charge on any atom is 0.0453 e. The minimum atomic E-state index is 0.337. The smallest absolute Gasteiger partial charge is 0.0453 e. The lowest BCUT2D eigenvalue weighted by molar-refractivity contribution is 0.140. The highest BCUT2D eigenvalue weighted by atomic mass is 15.3. The standard InChI is InChI=1S/C21H29N3/c1-18(19-9-5-3-6-10-19)22-21(20-11-7-4-8-12-20)17-24-15-13-23(2)14-16-24/h3-12,18,21-22H,13-17H2,1-2H3/t18-,21+/m1/s1. The summed E-state index contributed by atoms with van der Waals surface area (Å²) in [6.45, 7) is 7.96. The molecule has 24 heavy (non-hydrogen) atoms. The molecule has 2 aromatic rings. The summed E-state index contributed by atoms with van der Waals surface area (Å²) in [5, 5.41) is 3.85. The molecule has 3 heteroatoms. The van der Waals surface area contributed by atoms with Gasteiger partial charge in [0, 0.05) is 44.8 Å². The molecule has 0 unspecified atom stereocenters. The Hall–Kier alpha value is -1.68. The van der Waals surface area contributed by atoms with Gasteiger partial charge < -0.3 is 10.2 Å². The van der Waals surface area contributed by atoms with E-state index in [2.05, 4.69) is 89.8 Å². The molecule has 1 aliphatic heterocycles. The summed E-state index contributed by atoms with van der Waals surface area (Å²) in [4.78, 5) is 5.00.